The third-order valence-electron chi connectivity index (χ3n) is 3.83. The van der Waals surface area contributed by atoms with Crippen molar-refractivity contribution in [2.24, 2.45) is 11.1 Å². The van der Waals surface area contributed by atoms with Crippen LogP contribution in [0.15, 0.2) is 0 Å². The van der Waals surface area contributed by atoms with Gasteiger partial charge in [-0.2, -0.15) is 0 Å². The van der Waals surface area contributed by atoms with Crippen LogP contribution in [0.5, 0.6) is 0 Å². The fourth-order valence-corrected chi connectivity index (χ4v) is 1.53. The summed E-state index contributed by atoms with van der Waals surface area (Å²) >= 11 is 0. The van der Waals surface area contributed by atoms with E-state index in [0.717, 1.165) is 12.8 Å². The number of hydrogen-bond acceptors (Lipinski definition) is 2. The van der Waals surface area contributed by atoms with Gasteiger partial charge >= 0.3 is 0 Å². The van der Waals surface area contributed by atoms with Gasteiger partial charge in [0.15, 0.2) is 0 Å². The van der Waals surface area contributed by atoms with E-state index in [1.165, 1.54) is 0 Å². The van der Waals surface area contributed by atoms with Crippen molar-refractivity contribution >= 4 is 5.91 Å². The quantitative estimate of drug-likeness (QED) is 0.785. The molecular formula is C13H28N2O. The van der Waals surface area contributed by atoms with Crippen LogP contribution in [0.4, 0.5) is 0 Å². The van der Waals surface area contributed by atoms with Gasteiger partial charge in [0, 0.05) is 18.6 Å². The second-order valence-corrected chi connectivity index (χ2v) is 5.90. The summed E-state index contributed by atoms with van der Waals surface area (Å²) in [5.41, 5.74) is 5.03. The van der Waals surface area contributed by atoms with Crippen LogP contribution in [0.25, 0.3) is 0 Å². The van der Waals surface area contributed by atoms with Crippen molar-refractivity contribution in [2.45, 2.75) is 66.0 Å². The monoisotopic (exact) mass is 228 g/mol. The average molecular weight is 228 g/mol. The number of nitrogens with zero attached hydrogens (tertiary/aromatic N) is 1. The Labute approximate surface area is 100 Å². The summed E-state index contributed by atoms with van der Waals surface area (Å²) in [6, 6.07) is 0.277. The predicted octanol–water partition coefficient (Wildman–Crippen LogP) is 2.40. The molecule has 0 radical (unpaired) electrons. The number of nitrogens with two attached hydrogens (primary N) is 1. The van der Waals surface area contributed by atoms with Gasteiger partial charge in [0.05, 0.1) is 5.41 Å². The van der Waals surface area contributed by atoms with Crippen molar-refractivity contribution in [2.75, 3.05) is 7.05 Å². The minimum atomic E-state index is -0.538. The molecule has 1 atom stereocenters. The largest absolute Gasteiger partial charge is 0.343 e. The molecule has 0 aromatic rings. The molecule has 1 amide bonds. The van der Waals surface area contributed by atoms with Crippen molar-refractivity contribution in [3.8, 4) is 0 Å². The lowest BCUT2D eigenvalue weighted by molar-refractivity contribution is -0.144. The van der Waals surface area contributed by atoms with Gasteiger partial charge in [-0.05, 0) is 41.0 Å². The van der Waals surface area contributed by atoms with Gasteiger partial charge < -0.3 is 10.6 Å². The molecule has 16 heavy (non-hydrogen) atoms. The molecule has 0 bridgehead atoms. The fourth-order valence-electron chi connectivity index (χ4n) is 1.53. The van der Waals surface area contributed by atoms with Crippen molar-refractivity contribution in [3.05, 3.63) is 0 Å². The average Bonchev–Trinajstić information content (AvgIpc) is 2.14. The molecule has 3 nitrogen and oxygen atoms in total. The van der Waals surface area contributed by atoms with Crippen LogP contribution in [0.1, 0.15) is 54.4 Å². The molecule has 0 aromatic carbocycles. The summed E-state index contributed by atoms with van der Waals surface area (Å²) < 4.78 is 0. The maximum atomic E-state index is 12.4. The summed E-state index contributed by atoms with van der Waals surface area (Å²) in [6.45, 7) is 11.9. The molecule has 0 aromatic heterocycles. The molecule has 2 N–H and O–H groups in total. The Hall–Kier alpha value is -0.570. The smallest absolute Gasteiger partial charge is 0.230 e. The minimum absolute atomic E-state index is 0.126. The molecule has 0 rings (SSSR count). The van der Waals surface area contributed by atoms with Gasteiger partial charge in [-0.3, -0.25) is 4.79 Å². The first-order valence-electron chi connectivity index (χ1n) is 6.11. The van der Waals surface area contributed by atoms with Crippen LogP contribution >= 0.6 is 0 Å². The molecule has 0 fully saturated rings. The highest BCUT2D eigenvalue weighted by atomic mass is 16.2. The van der Waals surface area contributed by atoms with Crippen LogP contribution < -0.4 is 5.73 Å². The van der Waals surface area contributed by atoms with Gasteiger partial charge in [-0.1, -0.05) is 13.3 Å². The summed E-state index contributed by atoms with van der Waals surface area (Å²) in [7, 11) is 1.87. The lowest BCUT2D eigenvalue weighted by atomic mass is 9.74. The molecule has 0 aliphatic heterocycles. The molecule has 3 heteroatoms. The van der Waals surface area contributed by atoms with E-state index in [9.17, 15) is 4.79 Å². The highest BCUT2D eigenvalue weighted by Crippen LogP contribution is 2.31. The van der Waals surface area contributed by atoms with Crippen LogP contribution in [-0.4, -0.2) is 29.4 Å². The summed E-state index contributed by atoms with van der Waals surface area (Å²) in [4.78, 5) is 14.2. The normalized spacial score (nSPS) is 14.8. The van der Waals surface area contributed by atoms with E-state index >= 15 is 0 Å². The first-order chi connectivity index (χ1) is 7.05. The van der Waals surface area contributed by atoms with Crippen LogP contribution in [0.3, 0.4) is 0 Å². The molecule has 0 aliphatic rings. The molecule has 96 valence electrons. The Morgan fingerprint density at radius 3 is 2.06 bits per heavy atom. The number of amides is 1. The van der Waals surface area contributed by atoms with E-state index in [1.807, 2.05) is 39.6 Å². The Morgan fingerprint density at radius 1 is 1.31 bits per heavy atom. The predicted molar refractivity (Wildman–Crippen MR) is 69.2 cm³/mol. The maximum Gasteiger partial charge on any atom is 0.230 e. The third-order valence-corrected chi connectivity index (χ3v) is 3.83. The number of hydrogen-bond donors (Lipinski definition) is 1. The van der Waals surface area contributed by atoms with Crippen molar-refractivity contribution < 1.29 is 4.79 Å². The second kappa shape index (κ2) is 5.17. The van der Waals surface area contributed by atoms with E-state index in [-0.39, 0.29) is 11.9 Å². The van der Waals surface area contributed by atoms with Crippen LogP contribution in [-0.2, 0) is 4.79 Å². The third kappa shape index (κ3) is 3.21. The van der Waals surface area contributed by atoms with Crippen molar-refractivity contribution in [1.29, 1.82) is 0 Å². The zero-order valence-corrected chi connectivity index (χ0v) is 11.9. The van der Waals surface area contributed by atoms with Gasteiger partial charge in [0.1, 0.15) is 0 Å². The zero-order chi connectivity index (χ0) is 13.1. The standard InChI is InChI=1S/C13H28N2O/c1-8-9-10(2)15(7)11(16)12(3,4)13(5,6)14/h10H,8-9,14H2,1-7H3. The Morgan fingerprint density at radius 2 is 1.75 bits per heavy atom. The topological polar surface area (TPSA) is 46.3 Å². The first-order valence-corrected chi connectivity index (χ1v) is 6.11. The number of carbonyl (C=O) groups is 1. The molecule has 1 unspecified atom stereocenters. The minimum Gasteiger partial charge on any atom is -0.343 e. The number of carbonyl (C=O) groups excluding carboxylic acids is 1. The molecular weight excluding hydrogens is 200 g/mol. The SMILES string of the molecule is CCCC(C)N(C)C(=O)C(C)(C)C(C)(C)N. The molecule has 0 saturated heterocycles. The Bertz CT molecular complexity index is 241. The van der Waals surface area contributed by atoms with Gasteiger partial charge in [0.2, 0.25) is 5.91 Å². The first kappa shape index (κ1) is 15.4. The van der Waals surface area contributed by atoms with E-state index in [4.69, 9.17) is 5.73 Å². The second-order valence-electron chi connectivity index (χ2n) is 5.90. The highest BCUT2D eigenvalue weighted by Gasteiger charge is 2.42. The fraction of sp³-hybridized carbons (Fsp3) is 0.923. The summed E-state index contributed by atoms with van der Waals surface area (Å²) in [6.07, 6.45) is 2.12. The zero-order valence-electron chi connectivity index (χ0n) is 11.9. The molecule has 0 spiro atoms. The van der Waals surface area contributed by atoms with Gasteiger partial charge in [-0.25, -0.2) is 0 Å². The lowest BCUT2D eigenvalue weighted by Crippen LogP contribution is -2.57. The maximum absolute atomic E-state index is 12.4. The van der Waals surface area contributed by atoms with Crippen LogP contribution in [0, 0.1) is 5.41 Å². The molecule has 0 heterocycles. The van der Waals surface area contributed by atoms with Crippen molar-refractivity contribution in [3.63, 3.8) is 0 Å². The Kier molecular flexibility index (Phi) is 4.99. The van der Waals surface area contributed by atoms with Crippen LogP contribution in [0.2, 0.25) is 0 Å². The van der Waals surface area contributed by atoms with Gasteiger partial charge in [0.25, 0.3) is 0 Å². The number of rotatable bonds is 5. The molecule has 0 saturated carbocycles. The lowest BCUT2D eigenvalue weighted by Gasteiger charge is -2.41. The summed E-state index contributed by atoms with van der Waals surface area (Å²) in [5.74, 6) is 0.126. The Balaban J connectivity index is 4.80. The van der Waals surface area contributed by atoms with Crippen molar-refractivity contribution in [1.82, 2.24) is 4.90 Å². The highest BCUT2D eigenvalue weighted by molar-refractivity contribution is 5.83. The van der Waals surface area contributed by atoms with Gasteiger partial charge in [-0.15, -0.1) is 0 Å². The van der Waals surface area contributed by atoms with E-state index < -0.39 is 11.0 Å². The summed E-state index contributed by atoms with van der Waals surface area (Å²) in [5, 5.41) is 0. The van der Waals surface area contributed by atoms with E-state index in [1.54, 1.807) is 0 Å². The van der Waals surface area contributed by atoms with E-state index in [0.29, 0.717) is 0 Å². The molecule has 0 aliphatic carbocycles. The van der Waals surface area contributed by atoms with E-state index in [2.05, 4.69) is 13.8 Å².